The first-order valence-electron chi connectivity index (χ1n) is 7.26. The minimum Gasteiger partial charge on any atom is -0.327 e. The number of nitrogens with two attached hydrogens (primary N) is 1. The summed E-state index contributed by atoms with van der Waals surface area (Å²) in [7, 11) is 0. The molecule has 2 atom stereocenters. The van der Waals surface area contributed by atoms with Crippen molar-refractivity contribution in [3.63, 3.8) is 0 Å². The molecule has 6 heteroatoms. The molecular formula is C15H19N3O2S. The minimum absolute atomic E-state index is 0.00900. The summed E-state index contributed by atoms with van der Waals surface area (Å²) in [5, 5.41) is 5.75. The lowest BCUT2D eigenvalue weighted by Crippen LogP contribution is -2.40. The van der Waals surface area contributed by atoms with E-state index in [0.29, 0.717) is 11.4 Å². The highest BCUT2D eigenvalue weighted by Gasteiger charge is 2.28. The van der Waals surface area contributed by atoms with Gasteiger partial charge in [-0.2, -0.15) is 0 Å². The second-order valence-electron chi connectivity index (χ2n) is 5.59. The Labute approximate surface area is 128 Å². The van der Waals surface area contributed by atoms with Gasteiger partial charge in [-0.15, -0.1) is 11.8 Å². The molecule has 1 aromatic carbocycles. The van der Waals surface area contributed by atoms with Gasteiger partial charge in [0.2, 0.25) is 11.8 Å². The van der Waals surface area contributed by atoms with Crippen molar-refractivity contribution in [1.29, 1.82) is 0 Å². The smallest absolute Gasteiger partial charge is 0.234 e. The molecule has 2 aliphatic rings. The standard InChI is InChI=1S/C15H19N3O2S/c16-11-4-2-1-3-10(11)15(20)17-9-5-6-13-12(7-9)18-14(19)8-21-13/h5-7,10-11H,1-4,8,16H2,(H,17,20)(H,18,19). The van der Waals surface area contributed by atoms with Crippen LogP contribution in [-0.4, -0.2) is 23.6 Å². The van der Waals surface area contributed by atoms with Gasteiger partial charge >= 0.3 is 0 Å². The van der Waals surface area contributed by atoms with Crippen molar-refractivity contribution in [3.05, 3.63) is 18.2 Å². The summed E-state index contributed by atoms with van der Waals surface area (Å²) < 4.78 is 0. The van der Waals surface area contributed by atoms with Crippen LogP contribution in [0, 0.1) is 5.92 Å². The van der Waals surface area contributed by atoms with E-state index in [-0.39, 0.29) is 23.8 Å². The van der Waals surface area contributed by atoms with Crippen LogP contribution in [0.1, 0.15) is 25.7 Å². The van der Waals surface area contributed by atoms with Crippen LogP contribution < -0.4 is 16.4 Å². The molecule has 0 spiro atoms. The zero-order valence-electron chi connectivity index (χ0n) is 11.7. The van der Waals surface area contributed by atoms with E-state index >= 15 is 0 Å². The fourth-order valence-corrected chi connectivity index (χ4v) is 3.67. The zero-order valence-corrected chi connectivity index (χ0v) is 12.5. The van der Waals surface area contributed by atoms with Crippen LogP contribution in [0.2, 0.25) is 0 Å². The quantitative estimate of drug-likeness (QED) is 0.782. The van der Waals surface area contributed by atoms with Gasteiger partial charge < -0.3 is 16.4 Å². The third kappa shape index (κ3) is 3.22. The van der Waals surface area contributed by atoms with Gasteiger partial charge in [0.25, 0.3) is 0 Å². The summed E-state index contributed by atoms with van der Waals surface area (Å²) in [5.41, 5.74) is 7.51. The van der Waals surface area contributed by atoms with Crippen molar-refractivity contribution in [3.8, 4) is 0 Å². The van der Waals surface area contributed by atoms with E-state index in [0.717, 1.165) is 36.3 Å². The molecule has 5 nitrogen and oxygen atoms in total. The highest BCUT2D eigenvalue weighted by molar-refractivity contribution is 8.00. The lowest BCUT2D eigenvalue weighted by atomic mass is 9.84. The Morgan fingerprint density at radius 1 is 1.33 bits per heavy atom. The average molecular weight is 305 g/mol. The Bertz CT molecular complexity index is 576. The molecule has 3 rings (SSSR count). The summed E-state index contributed by atoms with van der Waals surface area (Å²) in [5.74, 6) is 0.302. The van der Waals surface area contributed by atoms with Crippen LogP contribution in [0.15, 0.2) is 23.1 Å². The number of hydrogen-bond donors (Lipinski definition) is 3. The van der Waals surface area contributed by atoms with Crippen molar-refractivity contribution >= 4 is 35.0 Å². The van der Waals surface area contributed by atoms with Gasteiger partial charge in [-0.3, -0.25) is 9.59 Å². The number of fused-ring (bicyclic) bond motifs is 1. The van der Waals surface area contributed by atoms with Crippen molar-refractivity contribution in [2.45, 2.75) is 36.6 Å². The number of anilines is 2. The van der Waals surface area contributed by atoms with E-state index in [2.05, 4.69) is 10.6 Å². The van der Waals surface area contributed by atoms with E-state index in [4.69, 9.17) is 5.73 Å². The molecule has 112 valence electrons. The zero-order chi connectivity index (χ0) is 14.8. The Kier molecular flexibility index (Phi) is 4.17. The first-order valence-corrected chi connectivity index (χ1v) is 8.25. The highest BCUT2D eigenvalue weighted by atomic mass is 32.2. The molecule has 0 aromatic heterocycles. The van der Waals surface area contributed by atoms with E-state index in [1.807, 2.05) is 18.2 Å². The monoisotopic (exact) mass is 305 g/mol. The summed E-state index contributed by atoms with van der Waals surface area (Å²) in [6.45, 7) is 0. The maximum Gasteiger partial charge on any atom is 0.234 e. The van der Waals surface area contributed by atoms with E-state index in [1.54, 1.807) is 0 Å². The van der Waals surface area contributed by atoms with Crippen molar-refractivity contribution in [1.82, 2.24) is 0 Å². The van der Waals surface area contributed by atoms with E-state index < -0.39 is 0 Å². The molecule has 0 radical (unpaired) electrons. The van der Waals surface area contributed by atoms with Gasteiger partial charge in [-0.1, -0.05) is 12.8 Å². The molecule has 1 heterocycles. The predicted octanol–water partition coefficient (Wildman–Crippen LogP) is 2.19. The number of hydrogen-bond acceptors (Lipinski definition) is 4. The molecule has 4 N–H and O–H groups in total. The average Bonchev–Trinajstić information content (AvgIpc) is 2.47. The third-order valence-corrected chi connectivity index (χ3v) is 5.11. The molecule has 0 saturated heterocycles. The summed E-state index contributed by atoms with van der Waals surface area (Å²) in [4.78, 5) is 24.8. The van der Waals surface area contributed by atoms with Crippen LogP contribution in [0.5, 0.6) is 0 Å². The van der Waals surface area contributed by atoms with Crippen LogP contribution >= 0.6 is 11.8 Å². The summed E-state index contributed by atoms with van der Waals surface area (Å²) in [6, 6.07) is 5.56. The van der Waals surface area contributed by atoms with Crippen LogP contribution in [0.25, 0.3) is 0 Å². The molecule has 2 unspecified atom stereocenters. The Hall–Kier alpha value is -1.53. The van der Waals surface area contributed by atoms with Crippen molar-refractivity contribution < 1.29 is 9.59 Å². The number of nitrogens with one attached hydrogen (secondary N) is 2. The third-order valence-electron chi connectivity index (χ3n) is 4.04. The van der Waals surface area contributed by atoms with Crippen LogP contribution in [-0.2, 0) is 9.59 Å². The summed E-state index contributed by atoms with van der Waals surface area (Å²) >= 11 is 1.51. The largest absolute Gasteiger partial charge is 0.327 e. The molecule has 1 saturated carbocycles. The molecule has 1 aliphatic carbocycles. The topological polar surface area (TPSA) is 84.2 Å². The first-order chi connectivity index (χ1) is 10.1. The van der Waals surface area contributed by atoms with Gasteiger partial charge in [0.1, 0.15) is 0 Å². The van der Waals surface area contributed by atoms with E-state index in [9.17, 15) is 9.59 Å². The van der Waals surface area contributed by atoms with Crippen LogP contribution in [0.3, 0.4) is 0 Å². The number of carbonyl (C=O) groups excluding carboxylic acids is 2. The Balaban J connectivity index is 1.71. The maximum absolute atomic E-state index is 12.3. The number of rotatable bonds is 2. The van der Waals surface area contributed by atoms with Gasteiger partial charge in [0.05, 0.1) is 17.4 Å². The summed E-state index contributed by atoms with van der Waals surface area (Å²) in [6.07, 6.45) is 3.93. The van der Waals surface area contributed by atoms with Gasteiger partial charge in [0, 0.05) is 16.6 Å². The van der Waals surface area contributed by atoms with Gasteiger partial charge in [-0.25, -0.2) is 0 Å². The van der Waals surface area contributed by atoms with E-state index in [1.165, 1.54) is 11.8 Å². The lowest BCUT2D eigenvalue weighted by Gasteiger charge is -2.27. The SMILES string of the molecule is NC1CCCCC1C(=O)Nc1ccc2c(c1)NC(=O)CS2. The number of carbonyl (C=O) groups is 2. The van der Waals surface area contributed by atoms with Crippen molar-refractivity contribution in [2.75, 3.05) is 16.4 Å². The van der Waals surface area contributed by atoms with Crippen molar-refractivity contribution in [2.24, 2.45) is 11.7 Å². The fourth-order valence-electron chi connectivity index (χ4n) is 2.88. The van der Waals surface area contributed by atoms with Crippen LogP contribution in [0.4, 0.5) is 11.4 Å². The second-order valence-corrected chi connectivity index (χ2v) is 6.61. The molecule has 1 aliphatic heterocycles. The Morgan fingerprint density at radius 3 is 2.95 bits per heavy atom. The number of amides is 2. The lowest BCUT2D eigenvalue weighted by molar-refractivity contribution is -0.121. The molecule has 1 fully saturated rings. The fraction of sp³-hybridized carbons (Fsp3) is 0.467. The molecule has 0 bridgehead atoms. The molecule has 2 amide bonds. The number of benzene rings is 1. The molecule has 21 heavy (non-hydrogen) atoms. The number of thioether (sulfide) groups is 1. The maximum atomic E-state index is 12.3. The molecule has 1 aromatic rings. The van der Waals surface area contributed by atoms with Gasteiger partial charge in [-0.05, 0) is 31.0 Å². The molecular weight excluding hydrogens is 286 g/mol. The first kappa shape index (κ1) is 14.4. The second kappa shape index (κ2) is 6.07. The normalized spacial score (nSPS) is 24.9. The Morgan fingerprint density at radius 2 is 2.14 bits per heavy atom. The highest BCUT2D eigenvalue weighted by Crippen LogP contribution is 2.33. The predicted molar refractivity (Wildman–Crippen MR) is 84.4 cm³/mol. The van der Waals surface area contributed by atoms with Gasteiger partial charge in [0.15, 0.2) is 0 Å². The minimum atomic E-state index is -0.112.